The molecule has 2 unspecified atom stereocenters. The van der Waals surface area contributed by atoms with Crippen molar-refractivity contribution < 1.29 is 4.74 Å². The summed E-state index contributed by atoms with van der Waals surface area (Å²) in [6.45, 7) is 1.58. The van der Waals surface area contributed by atoms with Crippen molar-refractivity contribution in [1.29, 1.82) is 0 Å². The monoisotopic (exact) mass is 524 g/mol. The van der Waals surface area contributed by atoms with Gasteiger partial charge in [0.25, 0.3) is 0 Å². The Labute approximate surface area is 231 Å². The minimum Gasteiger partial charge on any atom is -0.464 e. The molecule has 4 aromatic rings. The van der Waals surface area contributed by atoms with Crippen molar-refractivity contribution in [2.45, 2.75) is 12.4 Å². The molecule has 0 fully saturated rings. The van der Waals surface area contributed by atoms with Crippen molar-refractivity contribution in [3.63, 3.8) is 0 Å². The molecule has 0 aliphatic carbocycles. The van der Waals surface area contributed by atoms with Gasteiger partial charge in [0, 0.05) is 35.8 Å². The summed E-state index contributed by atoms with van der Waals surface area (Å²) in [5.74, 6) is 1.76. The molecule has 4 N–H and O–H groups in total. The van der Waals surface area contributed by atoms with E-state index in [1.54, 1.807) is 0 Å². The SMILES string of the molecule is C1=CC(C2=CC(n3c4ccccc4c4c5c(ccc43)NC(c3ccccc3)O5)=NC(C3=CCNC=C3)N2)=CCN1. The van der Waals surface area contributed by atoms with Crippen molar-refractivity contribution in [2.24, 2.45) is 4.99 Å². The van der Waals surface area contributed by atoms with E-state index in [0.717, 1.165) is 74.6 Å². The van der Waals surface area contributed by atoms with Gasteiger partial charge in [-0.15, -0.1) is 0 Å². The number of nitrogens with zero attached hydrogens (tertiary/aromatic N) is 2. The van der Waals surface area contributed by atoms with Gasteiger partial charge in [-0.25, -0.2) is 4.99 Å². The minimum absolute atomic E-state index is 0.205. The van der Waals surface area contributed by atoms with Crippen molar-refractivity contribution >= 4 is 33.3 Å². The van der Waals surface area contributed by atoms with Crippen LogP contribution in [0.4, 0.5) is 5.69 Å². The smallest absolute Gasteiger partial charge is 0.196 e. The number of nitrogens with one attached hydrogen (secondary N) is 4. The van der Waals surface area contributed by atoms with Crippen molar-refractivity contribution in [3.05, 3.63) is 132 Å². The Bertz CT molecular complexity index is 1840. The number of aliphatic imine (C=N–C) groups is 1. The highest BCUT2D eigenvalue weighted by Crippen LogP contribution is 2.46. The highest BCUT2D eigenvalue weighted by atomic mass is 16.5. The first-order chi connectivity index (χ1) is 19.8. The second kappa shape index (κ2) is 9.24. The molecular formula is C33H28N6O. The predicted octanol–water partition coefficient (Wildman–Crippen LogP) is 5.44. The maximum absolute atomic E-state index is 6.61. The molecule has 196 valence electrons. The van der Waals surface area contributed by atoms with Gasteiger partial charge in [0.2, 0.25) is 0 Å². The fraction of sp³-hybridized carbons (Fsp3) is 0.121. The quantitative estimate of drug-likeness (QED) is 0.287. The first-order valence-electron chi connectivity index (χ1n) is 13.6. The van der Waals surface area contributed by atoms with Crippen LogP contribution in [0.15, 0.2) is 131 Å². The number of fused-ring (bicyclic) bond motifs is 5. The Hall–Kier alpha value is -5.17. The number of allylic oxidation sites excluding steroid dienone is 2. The molecule has 0 saturated carbocycles. The van der Waals surface area contributed by atoms with Crippen LogP contribution in [0.25, 0.3) is 21.8 Å². The summed E-state index contributed by atoms with van der Waals surface area (Å²) >= 11 is 0. The van der Waals surface area contributed by atoms with Gasteiger partial charge in [0.15, 0.2) is 12.0 Å². The molecule has 4 aliphatic heterocycles. The zero-order valence-electron chi connectivity index (χ0n) is 21.8. The molecule has 0 radical (unpaired) electrons. The lowest BCUT2D eigenvalue weighted by atomic mass is 10.1. The highest BCUT2D eigenvalue weighted by molar-refractivity contribution is 6.19. The molecule has 2 atom stereocenters. The van der Waals surface area contributed by atoms with E-state index in [9.17, 15) is 0 Å². The Morgan fingerprint density at radius 1 is 0.800 bits per heavy atom. The third kappa shape index (κ3) is 3.70. The molecule has 7 nitrogen and oxygen atoms in total. The summed E-state index contributed by atoms with van der Waals surface area (Å²) in [5, 5.41) is 16.0. The van der Waals surface area contributed by atoms with E-state index in [-0.39, 0.29) is 12.4 Å². The number of anilines is 1. The van der Waals surface area contributed by atoms with Gasteiger partial charge in [0.1, 0.15) is 12.0 Å². The minimum atomic E-state index is -0.228. The van der Waals surface area contributed by atoms with Crippen molar-refractivity contribution in [1.82, 2.24) is 20.5 Å². The van der Waals surface area contributed by atoms with Gasteiger partial charge in [0.05, 0.1) is 22.1 Å². The van der Waals surface area contributed by atoms with E-state index in [1.807, 2.05) is 30.6 Å². The van der Waals surface area contributed by atoms with Crippen LogP contribution in [0.3, 0.4) is 0 Å². The number of ether oxygens (including phenoxy) is 1. The molecule has 1 aromatic heterocycles. The van der Waals surface area contributed by atoms with Crippen LogP contribution >= 0.6 is 0 Å². The Balaban J connectivity index is 1.31. The van der Waals surface area contributed by atoms with Crippen LogP contribution in [0.5, 0.6) is 5.75 Å². The molecule has 0 spiro atoms. The molecule has 7 heteroatoms. The number of dihydropyridines is 2. The number of hydrogen-bond acceptors (Lipinski definition) is 6. The van der Waals surface area contributed by atoms with E-state index >= 15 is 0 Å². The van der Waals surface area contributed by atoms with Crippen LogP contribution in [0, 0.1) is 0 Å². The Morgan fingerprint density at radius 2 is 1.62 bits per heavy atom. The molecule has 0 bridgehead atoms. The predicted molar refractivity (Wildman–Crippen MR) is 161 cm³/mol. The topological polar surface area (TPSA) is 74.6 Å². The molecule has 4 aliphatic rings. The fourth-order valence-electron chi connectivity index (χ4n) is 5.87. The largest absolute Gasteiger partial charge is 0.464 e. The van der Waals surface area contributed by atoms with E-state index in [0.29, 0.717) is 0 Å². The summed E-state index contributed by atoms with van der Waals surface area (Å²) in [7, 11) is 0. The number of aromatic nitrogens is 1. The van der Waals surface area contributed by atoms with Gasteiger partial charge in [-0.05, 0) is 53.9 Å². The number of para-hydroxylation sites is 1. The lowest BCUT2D eigenvalue weighted by Gasteiger charge is -2.28. The van der Waals surface area contributed by atoms with Crippen LogP contribution in [0.2, 0.25) is 0 Å². The first-order valence-corrected chi connectivity index (χ1v) is 13.6. The standard InChI is InChI=1S/C33H28N6O/c1-2-6-23(7-3-1)33-37-25-10-11-28-30(31(25)40-33)24-8-4-5-9-27(24)39(28)29-20-26(21-12-16-34-17-13-21)36-32(38-29)22-14-18-35-19-15-22/h1-16,18,20,32-37H,17,19H2. The number of rotatable bonds is 3. The Morgan fingerprint density at radius 3 is 2.45 bits per heavy atom. The first kappa shape index (κ1) is 22.8. The second-order valence-corrected chi connectivity index (χ2v) is 10.2. The maximum Gasteiger partial charge on any atom is 0.196 e. The number of benzene rings is 3. The summed E-state index contributed by atoms with van der Waals surface area (Å²) in [6, 6.07) is 23.1. The van der Waals surface area contributed by atoms with Crippen molar-refractivity contribution in [3.8, 4) is 5.75 Å². The van der Waals surface area contributed by atoms with Crippen LogP contribution in [0.1, 0.15) is 11.8 Å². The van der Waals surface area contributed by atoms with E-state index in [1.165, 1.54) is 0 Å². The Kier molecular flexibility index (Phi) is 5.26. The fourth-order valence-corrected chi connectivity index (χ4v) is 5.87. The van der Waals surface area contributed by atoms with Gasteiger partial charge in [-0.1, -0.05) is 60.7 Å². The zero-order chi connectivity index (χ0) is 26.5. The highest BCUT2D eigenvalue weighted by Gasteiger charge is 2.29. The molecule has 3 aromatic carbocycles. The normalized spacial score (nSPS) is 21.2. The van der Waals surface area contributed by atoms with Gasteiger partial charge >= 0.3 is 0 Å². The summed E-state index contributed by atoms with van der Waals surface area (Å²) in [5.41, 5.74) is 7.60. The van der Waals surface area contributed by atoms with E-state index in [2.05, 4.69) is 105 Å². The lowest BCUT2D eigenvalue weighted by molar-refractivity contribution is 0.263. The molecule has 0 saturated heterocycles. The third-order valence-corrected chi connectivity index (χ3v) is 7.77. The van der Waals surface area contributed by atoms with Crippen LogP contribution in [-0.4, -0.2) is 29.7 Å². The van der Waals surface area contributed by atoms with E-state index in [4.69, 9.17) is 9.73 Å². The van der Waals surface area contributed by atoms with Crippen LogP contribution < -0.4 is 26.0 Å². The van der Waals surface area contributed by atoms with Crippen LogP contribution in [-0.2, 0) is 0 Å². The molecular weight excluding hydrogens is 496 g/mol. The summed E-state index contributed by atoms with van der Waals surface area (Å²) in [6.07, 6.45) is 14.3. The molecule has 40 heavy (non-hydrogen) atoms. The van der Waals surface area contributed by atoms with E-state index < -0.39 is 0 Å². The average molecular weight is 525 g/mol. The average Bonchev–Trinajstić information content (AvgIpc) is 3.62. The second-order valence-electron chi connectivity index (χ2n) is 10.2. The van der Waals surface area contributed by atoms with Gasteiger partial charge in [-0.2, -0.15) is 0 Å². The lowest BCUT2D eigenvalue weighted by Crippen LogP contribution is -2.36. The van der Waals surface area contributed by atoms with Gasteiger partial charge < -0.3 is 26.0 Å². The maximum atomic E-state index is 6.61. The zero-order valence-corrected chi connectivity index (χ0v) is 21.8. The van der Waals surface area contributed by atoms with Crippen molar-refractivity contribution in [2.75, 3.05) is 18.4 Å². The summed E-state index contributed by atoms with van der Waals surface area (Å²) in [4.78, 5) is 5.27. The summed E-state index contributed by atoms with van der Waals surface area (Å²) < 4.78 is 8.88. The third-order valence-electron chi connectivity index (χ3n) is 7.77. The van der Waals surface area contributed by atoms with Gasteiger partial charge in [-0.3, -0.25) is 4.57 Å². The molecule has 5 heterocycles. The molecule has 8 rings (SSSR count). The molecule has 0 amide bonds. The number of hydrogen-bond donors (Lipinski definition) is 4.